The number of nitrogens with zero attached hydrogens (tertiary/aromatic N) is 2. The van der Waals surface area contributed by atoms with Crippen LogP contribution in [0.15, 0.2) is 94.7 Å². The predicted octanol–water partition coefficient (Wildman–Crippen LogP) is 4.35. The van der Waals surface area contributed by atoms with Crippen molar-refractivity contribution in [3.63, 3.8) is 0 Å². The number of phenols is 1. The van der Waals surface area contributed by atoms with Crippen molar-refractivity contribution in [3.05, 3.63) is 112 Å². The maximum atomic E-state index is 13.3. The second kappa shape index (κ2) is 7.40. The van der Waals surface area contributed by atoms with Gasteiger partial charge in [0.25, 0.3) is 5.56 Å². The van der Waals surface area contributed by atoms with Gasteiger partial charge in [0, 0.05) is 11.3 Å². The molecule has 0 unspecified atom stereocenters. The van der Waals surface area contributed by atoms with E-state index in [9.17, 15) is 9.90 Å². The van der Waals surface area contributed by atoms with Crippen molar-refractivity contribution in [1.29, 1.82) is 0 Å². The number of para-hydroxylation sites is 1. The van der Waals surface area contributed by atoms with E-state index in [2.05, 4.69) is 5.10 Å². The molecule has 1 aromatic heterocycles. The Bertz CT molecular complexity index is 1170. The summed E-state index contributed by atoms with van der Waals surface area (Å²) in [6.07, 6.45) is 0. The van der Waals surface area contributed by atoms with E-state index in [1.807, 2.05) is 67.6 Å². The van der Waals surface area contributed by atoms with Crippen molar-refractivity contribution in [2.75, 3.05) is 0 Å². The number of aromatic hydroxyl groups is 1. The summed E-state index contributed by atoms with van der Waals surface area (Å²) in [5.74, 6) is 0.171. The topological polar surface area (TPSA) is 70.4 Å². The lowest BCUT2D eigenvalue weighted by molar-refractivity contribution is 0.475. The fourth-order valence-electron chi connectivity index (χ4n) is 3.10. The Labute approximate surface area is 162 Å². The second-order valence-electron chi connectivity index (χ2n) is 6.43. The summed E-state index contributed by atoms with van der Waals surface area (Å²) in [5, 5.41) is 12.7. The molecule has 0 fully saturated rings. The Hall–Kier alpha value is -3.86. The predicted molar refractivity (Wildman–Crippen MR) is 111 cm³/mol. The van der Waals surface area contributed by atoms with Gasteiger partial charge in [-0.05, 0) is 43.3 Å². The number of aryl methyl sites for hydroxylation is 1. The SMILES string of the molecule is Cc1[nH]n(-c2ccccc2)c(=O)c1C(=Nc1ccc(O)cc1)c1ccccc1. The number of aliphatic imine (C=N–C) groups is 1. The Morgan fingerprint density at radius 3 is 2.14 bits per heavy atom. The molecule has 3 aromatic carbocycles. The molecule has 0 saturated carbocycles. The number of rotatable bonds is 4. The van der Waals surface area contributed by atoms with Crippen LogP contribution in [0.2, 0.25) is 0 Å². The summed E-state index contributed by atoms with van der Waals surface area (Å²) in [6, 6.07) is 25.6. The first-order valence-corrected chi connectivity index (χ1v) is 8.94. The van der Waals surface area contributed by atoms with Crippen LogP contribution >= 0.6 is 0 Å². The molecule has 0 aliphatic heterocycles. The Morgan fingerprint density at radius 1 is 0.893 bits per heavy atom. The molecule has 0 saturated heterocycles. The Balaban J connectivity index is 1.92. The lowest BCUT2D eigenvalue weighted by Gasteiger charge is -2.06. The molecule has 28 heavy (non-hydrogen) atoms. The first kappa shape index (κ1) is 17.5. The number of H-pyrrole nitrogens is 1. The van der Waals surface area contributed by atoms with Gasteiger partial charge in [0.15, 0.2) is 0 Å². The quantitative estimate of drug-likeness (QED) is 0.525. The highest BCUT2D eigenvalue weighted by molar-refractivity contribution is 6.14. The van der Waals surface area contributed by atoms with Crippen molar-refractivity contribution in [2.24, 2.45) is 4.99 Å². The van der Waals surface area contributed by atoms with E-state index in [-0.39, 0.29) is 11.3 Å². The highest BCUT2D eigenvalue weighted by Gasteiger charge is 2.19. The molecule has 0 spiro atoms. The first-order chi connectivity index (χ1) is 13.6. The third-order valence-electron chi connectivity index (χ3n) is 4.46. The molecule has 0 radical (unpaired) electrons. The third-order valence-corrected chi connectivity index (χ3v) is 4.46. The zero-order valence-electron chi connectivity index (χ0n) is 15.3. The molecule has 2 N–H and O–H groups in total. The number of benzene rings is 3. The number of aromatic amines is 1. The summed E-state index contributed by atoms with van der Waals surface area (Å²) in [7, 11) is 0. The largest absolute Gasteiger partial charge is 0.508 e. The van der Waals surface area contributed by atoms with Gasteiger partial charge in [0.2, 0.25) is 0 Å². The fraction of sp³-hybridized carbons (Fsp3) is 0.0435. The Morgan fingerprint density at radius 2 is 1.50 bits per heavy atom. The lowest BCUT2D eigenvalue weighted by Crippen LogP contribution is -2.21. The van der Waals surface area contributed by atoms with Crippen LogP contribution in [0, 0.1) is 6.92 Å². The van der Waals surface area contributed by atoms with Gasteiger partial charge in [-0.3, -0.25) is 9.89 Å². The molecule has 0 amide bonds. The van der Waals surface area contributed by atoms with Gasteiger partial charge in [-0.15, -0.1) is 0 Å². The van der Waals surface area contributed by atoms with Crippen LogP contribution in [-0.2, 0) is 0 Å². The molecule has 4 rings (SSSR count). The standard InChI is InChI=1S/C23H19N3O2/c1-16-21(23(28)26(25-16)19-10-6-3-7-11-19)22(17-8-4-2-5-9-17)24-18-12-14-20(27)15-13-18/h2-15,25,27H,1H3. The monoisotopic (exact) mass is 369 g/mol. The Kier molecular flexibility index (Phi) is 4.64. The maximum absolute atomic E-state index is 13.3. The zero-order chi connectivity index (χ0) is 19.5. The number of nitrogens with one attached hydrogen (secondary N) is 1. The number of phenolic OH excluding ortho intramolecular Hbond substituents is 1. The highest BCUT2D eigenvalue weighted by atomic mass is 16.3. The van der Waals surface area contributed by atoms with Gasteiger partial charge in [0.05, 0.1) is 22.6 Å². The number of aromatic nitrogens is 2. The van der Waals surface area contributed by atoms with Crippen molar-refractivity contribution in [2.45, 2.75) is 6.92 Å². The first-order valence-electron chi connectivity index (χ1n) is 8.94. The van der Waals surface area contributed by atoms with Crippen LogP contribution in [0.1, 0.15) is 16.8 Å². The summed E-state index contributed by atoms with van der Waals surface area (Å²) < 4.78 is 1.53. The summed E-state index contributed by atoms with van der Waals surface area (Å²) >= 11 is 0. The molecular formula is C23H19N3O2. The summed E-state index contributed by atoms with van der Waals surface area (Å²) in [5.41, 5.74) is 3.93. The van der Waals surface area contributed by atoms with Crippen LogP contribution in [-0.4, -0.2) is 20.6 Å². The molecule has 138 valence electrons. The van der Waals surface area contributed by atoms with E-state index in [0.717, 1.165) is 16.9 Å². The van der Waals surface area contributed by atoms with Crippen molar-refractivity contribution >= 4 is 11.4 Å². The maximum Gasteiger partial charge on any atom is 0.280 e. The van der Waals surface area contributed by atoms with Gasteiger partial charge in [0.1, 0.15) is 5.75 Å². The van der Waals surface area contributed by atoms with Crippen LogP contribution in [0.3, 0.4) is 0 Å². The number of hydrogen-bond donors (Lipinski definition) is 2. The van der Waals surface area contributed by atoms with E-state index in [0.29, 0.717) is 17.0 Å². The average molecular weight is 369 g/mol. The molecule has 5 nitrogen and oxygen atoms in total. The van der Waals surface area contributed by atoms with Gasteiger partial charge in [-0.25, -0.2) is 9.67 Å². The van der Waals surface area contributed by atoms with Gasteiger partial charge < -0.3 is 5.11 Å². The second-order valence-corrected chi connectivity index (χ2v) is 6.43. The van der Waals surface area contributed by atoms with Crippen LogP contribution < -0.4 is 5.56 Å². The van der Waals surface area contributed by atoms with Crippen molar-refractivity contribution in [1.82, 2.24) is 9.78 Å². The van der Waals surface area contributed by atoms with Gasteiger partial charge >= 0.3 is 0 Å². The highest BCUT2D eigenvalue weighted by Crippen LogP contribution is 2.21. The minimum Gasteiger partial charge on any atom is -0.508 e. The van der Waals surface area contributed by atoms with Gasteiger partial charge in [-0.1, -0.05) is 48.5 Å². The molecule has 0 bridgehead atoms. The van der Waals surface area contributed by atoms with Crippen molar-refractivity contribution in [3.8, 4) is 11.4 Å². The van der Waals surface area contributed by atoms with E-state index >= 15 is 0 Å². The minimum atomic E-state index is -0.162. The van der Waals surface area contributed by atoms with Crippen molar-refractivity contribution < 1.29 is 5.11 Å². The third kappa shape index (κ3) is 3.38. The molecule has 1 heterocycles. The molecule has 5 heteroatoms. The van der Waals surface area contributed by atoms with Crippen LogP contribution in [0.4, 0.5) is 5.69 Å². The number of hydrogen-bond acceptors (Lipinski definition) is 3. The molecule has 0 atom stereocenters. The van der Waals surface area contributed by atoms with Crippen LogP contribution in [0.5, 0.6) is 5.75 Å². The zero-order valence-corrected chi connectivity index (χ0v) is 15.3. The smallest absolute Gasteiger partial charge is 0.280 e. The molecule has 0 aliphatic carbocycles. The van der Waals surface area contributed by atoms with Gasteiger partial charge in [-0.2, -0.15) is 0 Å². The normalized spacial score (nSPS) is 11.5. The average Bonchev–Trinajstić information content (AvgIpc) is 3.03. The minimum absolute atomic E-state index is 0.162. The summed E-state index contributed by atoms with van der Waals surface area (Å²) in [4.78, 5) is 18.0. The molecule has 0 aliphatic rings. The van der Waals surface area contributed by atoms with E-state index in [4.69, 9.17) is 4.99 Å². The molecular weight excluding hydrogens is 350 g/mol. The lowest BCUT2D eigenvalue weighted by atomic mass is 10.0. The van der Waals surface area contributed by atoms with E-state index < -0.39 is 0 Å². The van der Waals surface area contributed by atoms with E-state index in [1.54, 1.807) is 24.3 Å². The van der Waals surface area contributed by atoms with Crippen LogP contribution in [0.25, 0.3) is 5.69 Å². The molecule has 4 aromatic rings. The summed E-state index contributed by atoms with van der Waals surface area (Å²) in [6.45, 7) is 1.87. The van der Waals surface area contributed by atoms with E-state index in [1.165, 1.54) is 4.68 Å². The fourth-order valence-corrected chi connectivity index (χ4v) is 3.10.